The number of allylic oxidation sites excluding steroid dienone is 1. The summed E-state index contributed by atoms with van der Waals surface area (Å²) in [5.41, 5.74) is 12.0. The van der Waals surface area contributed by atoms with Crippen molar-refractivity contribution in [2.24, 2.45) is 11.5 Å². The van der Waals surface area contributed by atoms with Gasteiger partial charge in [-0.25, -0.2) is 0 Å². The summed E-state index contributed by atoms with van der Waals surface area (Å²) >= 11 is 3.55. The van der Waals surface area contributed by atoms with Crippen LogP contribution in [0.3, 0.4) is 0 Å². The van der Waals surface area contributed by atoms with Gasteiger partial charge in [-0.15, -0.1) is 0 Å². The minimum absolute atomic E-state index is 0.0439. The Morgan fingerprint density at radius 1 is 1.33 bits per heavy atom. The van der Waals surface area contributed by atoms with Crippen LogP contribution in [-0.2, 0) is 14.9 Å². The molecule has 0 fully saturated rings. The number of anilines is 1. The van der Waals surface area contributed by atoms with E-state index in [2.05, 4.69) is 42.0 Å². The third-order valence-electron chi connectivity index (χ3n) is 4.03. The van der Waals surface area contributed by atoms with Gasteiger partial charge in [0.25, 0.3) is 5.91 Å². The lowest BCUT2D eigenvalue weighted by Crippen LogP contribution is -2.48. The van der Waals surface area contributed by atoms with Gasteiger partial charge >= 0.3 is 0 Å². The normalized spacial score (nSPS) is 22.5. The van der Waals surface area contributed by atoms with Crippen LogP contribution in [-0.4, -0.2) is 11.6 Å². The smallest absolute Gasteiger partial charge is 0.256 e. The van der Waals surface area contributed by atoms with Crippen LogP contribution in [0.2, 0.25) is 0 Å². The van der Waals surface area contributed by atoms with E-state index in [1.54, 1.807) is 13.0 Å². The maximum absolute atomic E-state index is 11.9. The fraction of sp³-hybridized carbons (Fsp3) is 0.353. The number of benzene rings is 1. The highest BCUT2D eigenvalue weighted by molar-refractivity contribution is 9.10. The van der Waals surface area contributed by atoms with Gasteiger partial charge in [0.1, 0.15) is 11.3 Å². The van der Waals surface area contributed by atoms with Gasteiger partial charge in [-0.1, -0.05) is 20.8 Å². The third kappa shape index (κ3) is 2.53. The van der Waals surface area contributed by atoms with E-state index in [1.165, 1.54) is 0 Å². The molecule has 6 nitrogen and oxygen atoms in total. The largest absolute Gasteiger partial charge is 0.456 e. The molecule has 128 valence electrons. The average molecular weight is 394 g/mol. The zero-order valence-corrected chi connectivity index (χ0v) is 15.6. The molecule has 0 aromatic heterocycles. The minimum atomic E-state index is -1.26. The summed E-state index contributed by atoms with van der Waals surface area (Å²) in [6.45, 7) is 8.10. The van der Waals surface area contributed by atoms with Gasteiger partial charge in [-0.05, 0) is 46.0 Å². The van der Waals surface area contributed by atoms with E-state index in [-0.39, 0.29) is 16.9 Å². The van der Waals surface area contributed by atoms with Gasteiger partial charge in [0.2, 0.25) is 11.6 Å². The fourth-order valence-electron chi connectivity index (χ4n) is 2.89. The van der Waals surface area contributed by atoms with Crippen LogP contribution in [0.1, 0.15) is 33.3 Å². The molecule has 0 bridgehead atoms. The van der Waals surface area contributed by atoms with E-state index in [0.717, 1.165) is 15.7 Å². The molecule has 3 rings (SSSR count). The van der Waals surface area contributed by atoms with Crippen LogP contribution in [0.15, 0.2) is 39.9 Å². The van der Waals surface area contributed by atoms with Crippen molar-refractivity contribution >= 4 is 27.5 Å². The second kappa shape index (κ2) is 5.17. The summed E-state index contributed by atoms with van der Waals surface area (Å²) in [5, 5.41) is 3.25. The Balaban J connectivity index is 2.14. The summed E-state index contributed by atoms with van der Waals surface area (Å²) in [4.78, 5) is 11.9. The van der Waals surface area contributed by atoms with Gasteiger partial charge < -0.3 is 26.3 Å². The second-order valence-corrected chi connectivity index (χ2v) is 7.86. The van der Waals surface area contributed by atoms with Gasteiger partial charge in [0, 0.05) is 6.08 Å². The molecule has 0 saturated heterocycles. The lowest BCUT2D eigenvalue weighted by atomic mass is 9.87. The highest BCUT2D eigenvalue weighted by Crippen LogP contribution is 2.48. The average Bonchev–Trinajstić information content (AvgIpc) is 2.74. The van der Waals surface area contributed by atoms with Crippen LogP contribution < -0.4 is 21.5 Å². The molecule has 7 heteroatoms. The molecule has 2 heterocycles. The molecule has 0 radical (unpaired) electrons. The molecule has 0 aliphatic carbocycles. The Morgan fingerprint density at radius 2 is 2.00 bits per heavy atom. The molecule has 1 spiro atoms. The molecule has 1 aromatic rings. The molecule has 1 amide bonds. The Kier molecular flexibility index (Phi) is 3.60. The fourth-order valence-corrected chi connectivity index (χ4v) is 3.43. The van der Waals surface area contributed by atoms with Crippen molar-refractivity contribution in [3.8, 4) is 5.75 Å². The van der Waals surface area contributed by atoms with E-state index in [0.29, 0.717) is 11.5 Å². The summed E-state index contributed by atoms with van der Waals surface area (Å²) in [6.07, 6.45) is 1.66. The number of rotatable bonds is 1. The number of ether oxygens (including phenoxy) is 2. The lowest BCUT2D eigenvalue weighted by molar-refractivity contribution is -0.116. The zero-order chi connectivity index (χ0) is 17.9. The molecule has 0 unspecified atom stereocenters. The zero-order valence-electron chi connectivity index (χ0n) is 14.0. The van der Waals surface area contributed by atoms with Crippen molar-refractivity contribution < 1.29 is 14.3 Å². The Morgan fingerprint density at radius 3 is 2.58 bits per heavy atom. The minimum Gasteiger partial charge on any atom is -0.456 e. The molecule has 0 saturated carbocycles. The van der Waals surface area contributed by atoms with Crippen molar-refractivity contribution in [2.45, 2.75) is 38.8 Å². The van der Waals surface area contributed by atoms with Crippen LogP contribution in [0.25, 0.3) is 0 Å². The summed E-state index contributed by atoms with van der Waals surface area (Å²) in [6, 6.07) is 4.01. The molecule has 5 N–H and O–H groups in total. The summed E-state index contributed by atoms with van der Waals surface area (Å²) in [5.74, 6) is 0.351. The number of nitrogens with one attached hydrogen (secondary N) is 1. The molecular weight excluding hydrogens is 374 g/mol. The number of halogens is 1. The lowest BCUT2D eigenvalue weighted by Gasteiger charge is -2.31. The Hall–Kier alpha value is -2.15. The Labute approximate surface area is 149 Å². The van der Waals surface area contributed by atoms with Gasteiger partial charge in [-0.3, -0.25) is 4.79 Å². The molecule has 24 heavy (non-hydrogen) atoms. The molecule has 2 aliphatic heterocycles. The first-order valence-electron chi connectivity index (χ1n) is 7.52. The first-order chi connectivity index (χ1) is 11.0. The third-order valence-corrected chi connectivity index (χ3v) is 4.62. The number of amides is 1. The number of fused-ring (bicyclic) bond motifs is 1. The van der Waals surface area contributed by atoms with Gasteiger partial charge in [-0.2, -0.15) is 0 Å². The number of hydrogen-bond acceptors (Lipinski definition) is 5. The summed E-state index contributed by atoms with van der Waals surface area (Å²) in [7, 11) is 0. The highest BCUT2D eigenvalue weighted by atomic mass is 79.9. The molecule has 1 aromatic carbocycles. The van der Waals surface area contributed by atoms with Crippen molar-refractivity contribution in [1.29, 1.82) is 0 Å². The predicted molar refractivity (Wildman–Crippen MR) is 95.1 cm³/mol. The van der Waals surface area contributed by atoms with Crippen molar-refractivity contribution in [3.63, 3.8) is 0 Å². The maximum atomic E-state index is 11.9. The van der Waals surface area contributed by atoms with E-state index >= 15 is 0 Å². The number of carbonyl (C=O) groups is 1. The summed E-state index contributed by atoms with van der Waals surface area (Å²) < 4.78 is 12.2. The second-order valence-electron chi connectivity index (χ2n) is 7.01. The first kappa shape index (κ1) is 16.7. The Bertz CT molecular complexity index is 808. The van der Waals surface area contributed by atoms with Crippen molar-refractivity contribution in [1.82, 2.24) is 0 Å². The molecule has 1 atom stereocenters. The highest BCUT2D eigenvalue weighted by Gasteiger charge is 2.49. The van der Waals surface area contributed by atoms with Crippen molar-refractivity contribution in [2.75, 3.05) is 5.32 Å². The van der Waals surface area contributed by atoms with E-state index in [1.807, 2.05) is 12.1 Å². The topological polar surface area (TPSA) is 99.6 Å². The van der Waals surface area contributed by atoms with Gasteiger partial charge in [0.05, 0.1) is 10.2 Å². The molecular formula is C17H20BrN3O3. The monoisotopic (exact) mass is 393 g/mol. The number of hydrogen-bond donors (Lipinski definition) is 3. The number of carbonyl (C=O) groups excluding carboxylic acids is 1. The molecule has 2 aliphatic rings. The van der Waals surface area contributed by atoms with Gasteiger partial charge in [0.15, 0.2) is 5.75 Å². The van der Waals surface area contributed by atoms with Crippen LogP contribution in [0.5, 0.6) is 5.75 Å². The SMILES string of the molecule is CC1=C[C@]2(Nc3cc(C(C)(C)C)cc(Br)c3O2)C(C(N)=O)=C(N)O1. The van der Waals surface area contributed by atoms with E-state index in [9.17, 15) is 4.79 Å². The number of primary amides is 1. The predicted octanol–water partition coefficient (Wildman–Crippen LogP) is 2.84. The van der Waals surface area contributed by atoms with Crippen LogP contribution in [0.4, 0.5) is 5.69 Å². The number of nitrogens with two attached hydrogens (primary N) is 2. The standard InChI is InChI=1S/C17H20BrN3O3/c1-8-7-17(12(14(19)22)15(20)23-8)21-11-6-9(16(2,3)4)5-10(18)13(11)24-17/h5-7,21H,20H2,1-4H3,(H2,19,22)/t17-/m1/s1. The van der Waals surface area contributed by atoms with Crippen LogP contribution >= 0.6 is 15.9 Å². The maximum Gasteiger partial charge on any atom is 0.256 e. The quantitative estimate of drug-likeness (QED) is 0.680. The van der Waals surface area contributed by atoms with Crippen molar-refractivity contribution in [3.05, 3.63) is 45.5 Å². The van der Waals surface area contributed by atoms with E-state index < -0.39 is 11.6 Å². The van der Waals surface area contributed by atoms with E-state index in [4.69, 9.17) is 20.9 Å². The first-order valence-corrected chi connectivity index (χ1v) is 8.31. The van der Waals surface area contributed by atoms with Crippen LogP contribution in [0, 0.1) is 0 Å².